The van der Waals surface area contributed by atoms with Gasteiger partial charge in [-0.1, -0.05) is 44.6 Å². The van der Waals surface area contributed by atoms with Crippen LogP contribution < -0.4 is 0 Å². The summed E-state index contributed by atoms with van der Waals surface area (Å²) in [4.78, 5) is 0. The van der Waals surface area contributed by atoms with E-state index in [1.165, 1.54) is 25.5 Å². The molecule has 1 atom stereocenters. The van der Waals surface area contributed by atoms with Crippen molar-refractivity contribution in [1.82, 2.24) is 0 Å². The molecule has 0 aromatic heterocycles. The van der Waals surface area contributed by atoms with Gasteiger partial charge in [-0.15, -0.1) is 0 Å². The number of rotatable bonds is 9. The molecule has 0 aliphatic heterocycles. The van der Waals surface area contributed by atoms with Crippen LogP contribution in [0.25, 0.3) is 0 Å². The summed E-state index contributed by atoms with van der Waals surface area (Å²) in [5.74, 6) is 6.47. The van der Waals surface area contributed by atoms with Crippen LogP contribution in [-0.4, -0.2) is 29.5 Å². The van der Waals surface area contributed by atoms with E-state index in [1.807, 2.05) is 6.08 Å². The Bertz CT molecular complexity index is 308. The highest BCUT2D eigenvalue weighted by Crippen LogP contribution is 2.07. The summed E-state index contributed by atoms with van der Waals surface area (Å²) >= 11 is 0. The molecule has 0 spiro atoms. The van der Waals surface area contributed by atoms with E-state index in [-0.39, 0.29) is 13.2 Å². The first kappa shape index (κ1) is 17.8. The van der Waals surface area contributed by atoms with Gasteiger partial charge in [0, 0.05) is 6.08 Å². The highest BCUT2D eigenvalue weighted by molar-refractivity contribution is 5.22. The van der Waals surface area contributed by atoms with E-state index < -0.39 is 6.10 Å². The van der Waals surface area contributed by atoms with Crippen LogP contribution in [0.5, 0.6) is 0 Å². The molecule has 108 valence electrons. The monoisotopic (exact) mass is 266 g/mol. The number of hydrogen-bond donors (Lipinski definition) is 2. The molecule has 19 heavy (non-hydrogen) atoms. The molecule has 0 fully saturated rings. The second kappa shape index (κ2) is 13.2. The van der Waals surface area contributed by atoms with Crippen molar-refractivity contribution < 1.29 is 14.9 Å². The SMILES string of the molecule is CC(C)CCCC/C=C/C#C/C=C/OC[C@@H](O)CO. The fourth-order valence-corrected chi connectivity index (χ4v) is 1.35. The van der Waals surface area contributed by atoms with Crippen molar-refractivity contribution in [2.24, 2.45) is 5.92 Å². The van der Waals surface area contributed by atoms with Crippen LogP contribution in [0.4, 0.5) is 0 Å². The van der Waals surface area contributed by atoms with Gasteiger partial charge in [0.1, 0.15) is 12.7 Å². The van der Waals surface area contributed by atoms with Gasteiger partial charge in [0.25, 0.3) is 0 Å². The molecular formula is C16H26O3. The van der Waals surface area contributed by atoms with Crippen molar-refractivity contribution in [3.63, 3.8) is 0 Å². The Morgan fingerprint density at radius 3 is 2.58 bits per heavy atom. The largest absolute Gasteiger partial charge is 0.498 e. The number of hydrogen-bond acceptors (Lipinski definition) is 3. The normalized spacial score (nSPS) is 12.9. The van der Waals surface area contributed by atoms with Gasteiger partial charge in [-0.2, -0.15) is 0 Å². The van der Waals surface area contributed by atoms with Gasteiger partial charge in [-0.25, -0.2) is 0 Å². The van der Waals surface area contributed by atoms with Crippen molar-refractivity contribution in [1.29, 1.82) is 0 Å². The minimum absolute atomic E-state index is 0.0837. The van der Waals surface area contributed by atoms with E-state index in [2.05, 4.69) is 31.8 Å². The van der Waals surface area contributed by atoms with E-state index in [4.69, 9.17) is 14.9 Å². The topological polar surface area (TPSA) is 49.7 Å². The number of aliphatic hydroxyl groups excluding tert-OH is 2. The first-order valence-electron chi connectivity index (χ1n) is 6.88. The van der Waals surface area contributed by atoms with Gasteiger partial charge < -0.3 is 14.9 Å². The van der Waals surface area contributed by atoms with Crippen molar-refractivity contribution in [2.75, 3.05) is 13.2 Å². The summed E-state index contributed by atoms with van der Waals surface area (Å²) in [7, 11) is 0. The molecule has 0 rings (SSSR count). The number of allylic oxidation sites excluding steroid dienone is 3. The molecule has 0 unspecified atom stereocenters. The highest BCUT2D eigenvalue weighted by atomic mass is 16.5. The van der Waals surface area contributed by atoms with E-state index >= 15 is 0 Å². The highest BCUT2D eigenvalue weighted by Gasteiger charge is 1.98. The predicted octanol–water partition coefficient (Wildman–Crippen LogP) is 2.65. The molecule has 0 aliphatic rings. The molecule has 0 saturated carbocycles. The molecule has 0 aliphatic carbocycles. The van der Waals surface area contributed by atoms with Crippen LogP contribution in [0.3, 0.4) is 0 Å². The zero-order chi connectivity index (χ0) is 14.3. The first-order valence-corrected chi connectivity index (χ1v) is 6.88. The summed E-state index contributed by atoms with van der Waals surface area (Å²) in [6, 6.07) is 0. The summed E-state index contributed by atoms with van der Waals surface area (Å²) in [6.45, 7) is 4.28. The summed E-state index contributed by atoms with van der Waals surface area (Å²) in [6.07, 6.45) is 11.0. The van der Waals surface area contributed by atoms with Crippen molar-refractivity contribution in [3.8, 4) is 11.8 Å². The molecule has 0 bridgehead atoms. The Kier molecular flexibility index (Phi) is 12.3. The third kappa shape index (κ3) is 14.7. The summed E-state index contributed by atoms with van der Waals surface area (Å²) < 4.78 is 4.95. The maximum atomic E-state index is 8.98. The molecular weight excluding hydrogens is 240 g/mol. The lowest BCUT2D eigenvalue weighted by molar-refractivity contribution is 0.0385. The Balaban J connectivity index is 3.49. The first-order chi connectivity index (χ1) is 9.16. The van der Waals surface area contributed by atoms with Crippen LogP contribution in [-0.2, 0) is 4.74 Å². The minimum atomic E-state index is -0.830. The summed E-state index contributed by atoms with van der Waals surface area (Å²) in [5.41, 5.74) is 0. The lowest BCUT2D eigenvalue weighted by Crippen LogP contribution is -2.17. The Morgan fingerprint density at radius 2 is 1.89 bits per heavy atom. The third-order valence-corrected chi connectivity index (χ3v) is 2.43. The third-order valence-electron chi connectivity index (χ3n) is 2.43. The van der Waals surface area contributed by atoms with Crippen molar-refractivity contribution in [3.05, 3.63) is 24.5 Å². The average molecular weight is 266 g/mol. The Morgan fingerprint density at radius 1 is 1.16 bits per heavy atom. The smallest absolute Gasteiger partial charge is 0.115 e. The average Bonchev–Trinajstić information content (AvgIpc) is 2.39. The van der Waals surface area contributed by atoms with Gasteiger partial charge in [0.05, 0.1) is 12.9 Å². The van der Waals surface area contributed by atoms with Crippen LogP contribution in [0.1, 0.15) is 39.5 Å². The number of aliphatic hydroxyl groups is 2. The van der Waals surface area contributed by atoms with Crippen LogP contribution in [0, 0.1) is 17.8 Å². The maximum absolute atomic E-state index is 8.98. The standard InChI is InChI=1S/C16H26O3/c1-15(2)11-9-7-5-3-4-6-8-10-12-19-14-16(18)13-17/h3-4,10,12,15-18H,5,7,9,11,13-14H2,1-2H3/b4-3+,12-10+/t16-/m0/s1. The maximum Gasteiger partial charge on any atom is 0.115 e. The number of unbranched alkanes of at least 4 members (excludes halogenated alkanes) is 2. The molecule has 3 nitrogen and oxygen atoms in total. The fraction of sp³-hybridized carbons (Fsp3) is 0.625. The van der Waals surface area contributed by atoms with Gasteiger partial charge >= 0.3 is 0 Å². The van der Waals surface area contributed by atoms with Crippen molar-refractivity contribution >= 4 is 0 Å². The molecule has 0 heterocycles. The second-order valence-corrected chi connectivity index (χ2v) is 4.84. The van der Waals surface area contributed by atoms with Crippen LogP contribution in [0.2, 0.25) is 0 Å². The fourth-order valence-electron chi connectivity index (χ4n) is 1.35. The molecule has 2 N–H and O–H groups in total. The van der Waals surface area contributed by atoms with Gasteiger partial charge in [-0.3, -0.25) is 0 Å². The Hall–Kier alpha value is -1.24. The van der Waals surface area contributed by atoms with E-state index in [9.17, 15) is 0 Å². The van der Waals surface area contributed by atoms with Gasteiger partial charge in [-0.05, 0) is 24.8 Å². The van der Waals surface area contributed by atoms with Crippen LogP contribution in [0.15, 0.2) is 24.5 Å². The van der Waals surface area contributed by atoms with Crippen LogP contribution >= 0.6 is 0 Å². The lowest BCUT2D eigenvalue weighted by Gasteiger charge is -2.04. The van der Waals surface area contributed by atoms with E-state index in [1.54, 1.807) is 6.08 Å². The molecule has 0 radical (unpaired) electrons. The molecule has 0 amide bonds. The minimum Gasteiger partial charge on any atom is -0.498 e. The van der Waals surface area contributed by atoms with E-state index in [0.717, 1.165) is 12.3 Å². The summed E-state index contributed by atoms with van der Waals surface area (Å²) in [5, 5.41) is 17.5. The Labute approximate surface area is 117 Å². The van der Waals surface area contributed by atoms with Crippen molar-refractivity contribution in [2.45, 2.75) is 45.6 Å². The predicted molar refractivity (Wildman–Crippen MR) is 78.4 cm³/mol. The molecule has 0 saturated heterocycles. The zero-order valence-corrected chi connectivity index (χ0v) is 12.0. The van der Waals surface area contributed by atoms with Gasteiger partial charge in [0.2, 0.25) is 0 Å². The zero-order valence-electron chi connectivity index (χ0n) is 12.0. The molecule has 0 aromatic rings. The lowest BCUT2D eigenvalue weighted by atomic mass is 10.1. The molecule has 0 aromatic carbocycles. The number of ether oxygens (including phenoxy) is 1. The van der Waals surface area contributed by atoms with E-state index in [0.29, 0.717) is 0 Å². The second-order valence-electron chi connectivity index (χ2n) is 4.84. The quantitative estimate of drug-likeness (QED) is 0.383. The van der Waals surface area contributed by atoms with Gasteiger partial charge in [0.15, 0.2) is 0 Å². The molecule has 3 heteroatoms.